The van der Waals surface area contributed by atoms with Gasteiger partial charge in [0.05, 0.1) is 7.11 Å². The maximum absolute atomic E-state index is 10.3. The molecule has 2 N–H and O–H groups in total. The normalized spacial score (nSPS) is 10.8. The van der Waals surface area contributed by atoms with Gasteiger partial charge in [-0.1, -0.05) is 18.2 Å². The Labute approximate surface area is 107 Å². The lowest BCUT2D eigenvalue weighted by molar-refractivity contribution is -0.131. The average Bonchev–Trinajstić information content (AvgIpc) is 2.27. The zero-order valence-corrected chi connectivity index (χ0v) is 11.0. The molecule has 0 atom stereocenters. The number of aryl methyl sites for hydroxylation is 2. The molecule has 0 unspecified atom stereocenters. The second-order valence-electron chi connectivity index (χ2n) is 4.13. The second kappa shape index (κ2) is 6.81. The van der Waals surface area contributed by atoms with Gasteiger partial charge in [-0.3, -0.25) is 0 Å². The van der Waals surface area contributed by atoms with Gasteiger partial charge in [0.1, 0.15) is 5.75 Å². The van der Waals surface area contributed by atoms with Crippen molar-refractivity contribution in [2.75, 3.05) is 13.7 Å². The first-order chi connectivity index (χ1) is 8.54. The first kappa shape index (κ1) is 14.3. The van der Waals surface area contributed by atoms with Crippen molar-refractivity contribution < 1.29 is 14.6 Å². The van der Waals surface area contributed by atoms with Crippen LogP contribution in [-0.2, 0) is 11.3 Å². The van der Waals surface area contributed by atoms with Crippen molar-refractivity contribution >= 4 is 5.97 Å². The molecule has 0 saturated heterocycles. The summed E-state index contributed by atoms with van der Waals surface area (Å²) in [7, 11) is 1.67. The van der Waals surface area contributed by atoms with E-state index in [1.54, 1.807) is 13.2 Å². The van der Waals surface area contributed by atoms with E-state index in [1.165, 1.54) is 0 Å². The zero-order chi connectivity index (χ0) is 13.5. The molecule has 18 heavy (non-hydrogen) atoms. The summed E-state index contributed by atoms with van der Waals surface area (Å²) in [6.07, 6.45) is 2.73. The van der Waals surface area contributed by atoms with Crippen LogP contribution in [-0.4, -0.2) is 24.7 Å². The minimum Gasteiger partial charge on any atom is -0.496 e. The molecule has 0 aliphatic rings. The first-order valence-corrected chi connectivity index (χ1v) is 5.79. The third-order valence-corrected chi connectivity index (χ3v) is 2.58. The fourth-order valence-electron chi connectivity index (χ4n) is 1.92. The number of methoxy groups -OCH3 is 1. The molecule has 0 fully saturated rings. The predicted octanol–water partition coefficient (Wildman–Crippen LogP) is 2.04. The number of benzene rings is 1. The maximum Gasteiger partial charge on any atom is 0.328 e. The van der Waals surface area contributed by atoms with E-state index in [4.69, 9.17) is 9.84 Å². The van der Waals surface area contributed by atoms with Crippen molar-refractivity contribution in [1.82, 2.24) is 5.32 Å². The third-order valence-electron chi connectivity index (χ3n) is 2.58. The number of aliphatic carboxylic acids is 1. The molecule has 1 rings (SSSR count). The Kier molecular flexibility index (Phi) is 5.39. The number of carbonyl (C=O) groups is 1. The Morgan fingerprint density at radius 3 is 2.50 bits per heavy atom. The van der Waals surface area contributed by atoms with Crippen molar-refractivity contribution in [3.05, 3.63) is 41.0 Å². The summed E-state index contributed by atoms with van der Waals surface area (Å²) < 4.78 is 5.30. The van der Waals surface area contributed by atoms with Gasteiger partial charge in [-0.25, -0.2) is 4.79 Å². The topological polar surface area (TPSA) is 58.6 Å². The molecular formula is C14H19NO3. The van der Waals surface area contributed by atoms with Crippen LogP contribution in [0, 0.1) is 13.8 Å². The van der Waals surface area contributed by atoms with Gasteiger partial charge >= 0.3 is 5.97 Å². The summed E-state index contributed by atoms with van der Waals surface area (Å²) in [5, 5.41) is 11.6. The molecular weight excluding hydrogens is 230 g/mol. The van der Waals surface area contributed by atoms with Crippen molar-refractivity contribution in [3.8, 4) is 5.75 Å². The molecule has 0 saturated carbocycles. The summed E-state index contributed by atoms with van der Waals surface area (Å²) in [4.78, 5) is 10.3. The monoisotopic (exact) mass is 249 g/mol. The van der Waals surface area contributed by atoms with Gasteiger partial charge in [-0.15, -0.1) is 0 Å². The van der Waals surface area contributed by atoms with Crippen molar-refractivity contribution in [3.63, 3.8) is 0 Å². The number of hydrogen-bond donors (Lipinski definition) is 2. The van der Waals surface area contributed by atoms with Gasteiger partial charge in [-0.05, 0) is 30.5 Å². The molecule has 0 bridgehead atoms. The smallest absolute Gasteiger partial charge is 0.328 e. The van der Waals surface area contributed by atoms with Crippen LogP contribution in [0.2, 0.25) is 0 Å². The molecule has 0 amide bonds. The number of nitrogens with one attached hydrogen (secondary N) is 1. The van der Waals surface area contributed by atoms with Gasteiger partial charge in [0.2, 0.25) is 0 Å². The van der Waals surface area contributed by atoms with Crippen LogP contribution in [0.15, 0.2) is 24.3 Å². The molecule has 0 aromatic heterocycles. The molecule has 0 radical (unpaired) electrons. The number of carboxylic acid groups (broad SMARTS) is 1. The number of carboxylic acids is 1. The van der Waals surface area contributed by atoms with Crippen LogP contribution in [0.25, 0.3) is 0 Å². The third kappa shape index (κ3) is 4.22. The minimum atomic E-state index is -0.923. The van der Waals surface area contributed by atoms with E-state index in [1.807, 2.05) is 13.8 Å². The van der Waals surface area contributed by atoms with E-state index in [9.17, 15) is 4.79 Å². The zero-order valence-electron chi connectivity index (χ0n) is 11.0. The highest BCUT2D eigenvalue weighted by molar-refractivity contribution is 5.79. The van der Waals surface area contributed by atoms with E-state index in [2.05, 4.69) is 17.4 Å². The highest BCUT2D eigenvalue weighted by Crippen LogP contribution is 2.24. The standard InChI is InChI=1S/C14H19NO3/c1-10-7-12(8-11(2)14(10)18-3)9-15-6-4-5-13(16)17/h4-5,7-8,15H,6,9H2,1-3H3,(H,16,17)/b5-4+. The van der Waals surface area contributed by atoms with Gasteiger partial charge in [0, 0.05) is 19.2 Å². The summed E-state index contributed by atoms with van der Waals surface area (Å²) >= 11 is 0. The number of hydrogen-bond acceptors (Lipinski definition) is 3. The number of rotatable bonds is 6. The van der Waals surface area contributed by atoms with Gasteiger partial charge in [-0.2, -0.15) is 0 Å². The van der Waals surface area contributed by atoms with Gasteiger partial charge < -0.3 is 15.2 Å². The van der Waals surface area contributed by atoms with Crippen molar-refractivity contribution in [2.24, 2.45) is 0 Å². The van der Waals surface area contributed by atoms with Crippen molar-refractivity contribution in [1.29, 1.82) is 0 Å². The average molecular weight is 249 g/mol. The highest BCUT2D eigenvalue weighted by Gasteiger charge is 2.04. The van der Waals surface area contributed by atoms with Crippen molar-refractivity contribution in [2.45, 2.75) is 20.4 Å². The van der Waals surface area contributed by atoms with Gasteiger partial charge in [0.25, 0.3) is 0 Å². The van der Waals surface area contributed by atoms with Crippen LogP contribution >= 0.6 is 0 Å². The Bertz CT molecular complexity index is 429. The van der Waals surface area contributed by atoms with E-state index in [0.29, 0.717) is 13.1 Å². The lowest BCUT2D eigenvalue weighted by Gasteiger charge is -2.11. The molecule has 0 aliphatic heterocycles. The Morgan fingerprint density at radius 2 is 2.00 bits per heavy atom. The van der Waals surface area contributed by atoms with E-state index < -0.39 is 5.97 Å². The summed E-state index contributed by atoms with van der Waals surface area (Å²) in [5.74, 6) is -0.00235. The number of ether oxygens (including phenoxy) is 1. The Morgan fingerprint density at radius 1 is 1.39 bits per heavy atom. The second-order valence-corrected chi connectivity index (χ2v) is 4.13. The van der Waals surface area contributed by atoms with Crippen LogP contribution in [0.1, 0.15) is 16.7 Å². The first-order valence-electron chi connectivity index (χ1n) is 5.79. The summed E-state index contributed by atoms with van der Waals surface area (Å²) in [5.41, 5.74) is 3.38. The van der Waals surface area contributed by atoms with Crippen LogP contribution in [0.4, 0.5) is 0 Å². The fourth-order valence-corrected chi connectivity index (χ4v) is 1.92. The SMILES string of the molecule is COc1c(C)cc(CNC/C=C/C(=O)O)cc1C. The van der Waals surface area contributed by atoms with Gasteiger partial charge in [0.15, 0.2) is 0 Å². The van der Waals surface area contributed by atoms with Crippen LogP contribution < -0.4 is 10.1 Å². The van der Waals surface area contributed by atoms with E-state index >= 15 is 0 Å². The molecule has 0 aliphatic carbocycles. The maximum atomic E-state index is 10.3. The molecule has 98 valence electrons. The van der Waals surface area contributed by atoms with E-state index in [-0.39, 0.29) is 0 Å². The largest absolute Gasteiger partial charge is 0.496 e. The highest BCUT2D eigenvalue weighted by atomic mass is 16.5. The van der Waals surface area contributed by atoms with Crippen LogP contribution in [0.3, 0.4) is 0 Å². The molecule has 4 nitrogen and oxygen atoms in total. The Hall–Kier alpha value is -1.81. The summed E-state index contributed by atoms with van der Waals surface area (Å²) in [6.45, 7) is 5.27. The van der Waals surface area contributed by atoms with E-state index in [0.717, 1.165) is 28.5 Å². The minimum absolute atomic E-state index is 0.538. The fraction of sp³-hybridized carbons (Fsp3) is 0.357. The van der Waals surface area contributed by atoms with Crippen LogP contribution in [0.5, 0.6) is 5.75 Å². The predicted molar refractivity (Wildman–Crippen MR) is 71.0 cm³/mol. The lowest BCUT2D eigenvalue weighted by Crippen LogP contribution is -2.13. The molecule has 1 aromatic carbocycles. The molecule has 4 heteroatoms. The quantitative estimate of drug-likeness (QED) is 0.598. The summed E-state index contributed by atoms with van der Waals surface area (Å²) in [6, 6.07) is 4.14. The lowest BCUT2D eigenvalue weighted by atomic mass is 10.1. The Balaban J connectivity index is 2.56. The molecule has 1 aromatic rings. The molecule has 0 heterocycles. The molecule has 0 spiro atoms.